The number of aliphatic carboxylic acids is 1. The Morgan fingerprint density at radius 2 is 1.90 bits per heavy atom. The minimum Gasteiger partial charge on any atom is -0.508 e. The fourth-order valence-corrected chi connectivity index (χ4v) is 3.32. The molecule has 1 aromatic heterocycles. The topological polar surface area (TPSA) is 126 Å². The normalized spacial score (nSPS) is 11.8. The van der Waals surface area contributed by atoms with E-state index in [2.05, 4.69) is 5.32 Å². The van der Waals surface area contributed by atoms with Crippen LogP contribution in [-0.4, -0.2) is 29.2 Å². The number of aromatic hydroxyl groups is 1. The fraction of sp³-hybridized carbons (Fsp3) is 0.190. The number of nitrogens with one attached hydrogen (secondary N) is 1. The van der Waals surface area contributed by atoms with E-state index in [1.54, 1.807) is 13.0 Å². The molecule has 0 fully saturated rings. The summed E-state index contributed by atoms with van der Waals surface area (Å²) in [6.07, 6.45) is -0.379. The van der Waals surface area contributed by atoms with Crippen molar-refractivity contribution in [3.8, 4) is 11.5 Å². The van der Waals surface area contributed by atoms with Gasteiger partial charge in [0.2, 0.25) is 5.91 Å². The second-order valence-electron chi connectivity index (χ2n) is 6.58. The average molecular weight is 432 g/mol. The highest BCUT2D eigenvalue weighted by atomic mass is 35.5. The smallest absolute Gasteiger partial charge is 0.340 e. The van der Waals surface area contributed by atoms with Crippen LogP contribution in [0.2, 0.25) is 5.02 Å². The number of methoxy groups -OCH3 is 1. The summed E-state index contributed by atoms with van der Waals surface area (Å²) < 4.78 is 10.4. The molecule has 30 heavy (non-hydrogen) atoms. The van der Waals surface area contributed by atoms with Crippen molar-refractivity contribution in [3.05, 3.63) is 68.5 Å². The van der Waals surface area contributed by atoms with Crippen molar-refractivity contribution in [2.45, 2.75) is 19.4 Å². The van der Waals surface area contributed by atoms with Gasteiger partial charge >= 0.3 is 11.6 Å². The molecule has 0 aliphatic rings. The van der Waals surface area contributed by atoms with Gasteiger partial charge in [0.1, 0.15) is 17.1 Å². The lowest BCUT2D eigenvalue weighted by Crippen LogP contribution is -2.35. The first kappa shape index (κ1) is 21.2. The first-order valence-electron chi connectivity index (χ1n) is 8.82. The number of benzene rings is 2. The Morgan fingerprint density at radius 3 is 2.50 bits per heavy atom. The van der Waals surface area contributed by atoms with Gasteiger partial charge in [-0.15, -0.1) is 0 Å². The fourth-order valence-electron chi connectivity index (χ4n) is 3.08. The Morgan fingerprint density at radius 1 is 1.23 bits per heavy atom. The number of phenolic OH excluding ortho intramolecular Hbond substituents is 1. The first-order valence-corrected chi connectivity index (χ1v) is 9.20. The van der Waals surface area contributed by atoms with Gasteiger partial charge in [0, 0.05) is 11.5 Å². The first-order chi connectivity index (χ1) is 14.2. The van der Waals surface area contributed by atoms with E-state index in [0.29, 0.717) is 21.7 Å². The van der Waals surface area contributed by atoms with Crippen molar-refractivity contribution in [3.63, 3.8) is 0 Å². The van der Waals surface area contributed by atoms with Crippen molar-refractivity contribution in [2.75, 3.05) is 7.11 Å². The van der Waals surface area contributed by atoms with Crippen LogP contribution < -0.4 is 15.7 Å². The Balaban J connectivity index is 1.91. The highest BCUT2D eigenvalue weighted by Crippen LogP contribution is 2.31. The van der Waals surface area contributed by atoms with Crippen molar-refractivity contribution in [1.29, 1.82) is 0 Å². The van der Waals surface area contributed by atoms with E-state index in [4.69, 9.17) is 20.8 Å². The Hall–Kier alpha value is -3.52. The number of hydrogen-bond acceptors (Lipinski definition) is 6. The number of fused-ring (bicyclic) bond motifs is 1. The largest absolute Gasteiger partial charge is 0.508 e. The summed E-state index contributed by atoms with van der Waals surface area (Å²) in [6.45, 7) is 1.65. The van der Waals surface area contributed by atoms with Crippen LogP contribution >= 0.6 is 11.6 Å². The van der Waals surface area contributed by atoms with E-state index >= 15 is 0 Å². The maximum atomic E-state index is 12.5. The Bertz CT molecular complexity index is 1180. The van der Waals surface area contributed by atoms with Gasteiger partial charge in [0.25, 0.3) is 0 Å². The minimum atomic E-state index is -1.34. The van der Waals surface area contributed by atoms with Gasteiger partial charge in [-0.25, -0.2) is 9.59 Å². The predicted molar refractivity (Wildman–Crippen MR) is 109 cm³/mol. The molecule has 9 heteroatoms. The summed E-state index contributed by atoms with van der Waals surface area (Å²) in [4.78, 5) is 36.6. The van der Waals surface area contributed by atoms with Crippen LogP contribution in [0.25, 0.3) is 11.0 Å². The molecule has 0 aliphatic heterocycles. The highest BCUT2D eigenvalue weighted by molar-refractivity contribution is 6.32. The van der Waals surface area contributed by atoms with Gasteiger partial charge in [-0.1, -0.05) is 23.7 Å². The van der Waals surface area contributed by atoms with E-state index in [1.165, 1.54) is 37.4 Å². The summed E-state index contributed by atoms with van der Waals surface area (Å²) >= 11 is 6.15. The maximum absolute atomic E-state index is 12.5. The minimum absolute atomic E-state index is 0.0334. The number of phenols is 1. The molecule has 1 heterocycles. The van der Waals surface area contributed by atoms with Crippen LogP contribution in [0.1, 0.15) is 22.7 Å². The Kier molecular flexibility index (Phi) is 5.98. The molecule has 0 saturated carbocycles. The van der Waals surface area contributed by atoms with Gasteiger partial charge in [0.15, 0.2) is 6.04 Å². The number of carboxylic acid groups (broad SMARTS) is 1. The van der Waals surface area contributed by atoms with E-state index in [1.807, 2.05) is 0 Å². The number of halogens is 1. The molecule has 156 valence electrons. The number of carbonyl (C=O) groups excluding carboxylic acids is 1. The van der Waals surface area contributed by atoms with E-state index in [9.17, 15) is 24.6 Å². The zero-order valence-corrected chi connectivity index (χ0v) is 16.8. The van der Waals surface area contributed by atoms with E-state index in [-0.39, 0.29) is 28.9 Å². The summed E-state index contributed by atoms with van der Waals surface area (Å²) in [7, 11) is 1.43. The second kappa shape index (κ2) is 8.46. The molecule has 0 aliphatic carbocycles. The van der Waals surface area contributed by atoms with Crippen molar-refractivity contribution in [1.82, 2.24) is 5.32 Å². The molecule has 0 saturated heterocycles. The maximum Gasteiger partial charge on any atom is 0.340 e. The molecular weight excluding hydrogens is 414 g/mol. The third-order valence-electron chi connectivity index (χ3n) is 4.68. The Labute approximate surface area is 175 Å². The lowest BCUT2D eigenvalue weighted by molar-refractivity contribution is -0.142. The molecule has 1 atom stereocenters. The molecule has 8 nitrogen and oxygen atoms in total. The predicted octanol–water partition coefficient (Wildman–Crippen LogP) is 2.95. The number of rotatable bonds is 6. The SMILES string of the molecule is COc1cc2oc(=O)c(CC(=O)NC(C(=O)O)c3ccc(O)cc3)c(C)c2cc1Cl. The van der Waals surface area contributed by atoms with Crippen molar-refractivity contribution >= 4 is 34.4 Å². The van der Waals surface area contributed by atoms with Gasteiger partial charge in [0.05, 0.1) is 24.1 Å². The molecule has 2 aromatic carbocycles. The van der Waals surface area contributed by atoms with Crippen LogP contribution in [-0.2, 0) is 16.0 Å². The molecular formula is C21H18ClNO7. The van der Waals surface area contributed by atoms with Gasteiger partial charge in [-0.05, 0) is 36.2 Å². The van der Waals surface area contributed by atoms with E-state index in [0.717, 1.165) is 0 Å². The monoisotopic (exact) mass is 431 g/mol. The molecule has 0 spiro atoms. The number of carboxylic acids is 1. The highest BCUT2D eigenvalue weighted by Gasteiger charge is 2.24. The van der Waals surface area contributed by atoms with E-state index < -0.39 is 23.5 Å². The molecule has 0 bridgehead atoms. The summed E-state index contributed by atoms with van der Waals surface area (Å²) in [5.74, 6) is -1.65. The van der Waals surface area contributed by atoms with Gasteiger partial charge < -0.3 is 24.7 Å². The number of amides is 1. The summed E-state index contributed by atoms with van der Waals surface area (Å²) in [5.41, 5.74) is 0.412. The number of hydrogen-bond donors (Lipinski definition) is 3. The summed E-state index contributed by atoms with van der Waals surface area (Å²) in [5, 5.41) is 22.1. The molecule has 3 aromatic rings. The lowest BCUT2D eigenvalue weighted by Gasteiger charge is -2.15. The third-order valence-corrected chi connectivity index (χ3v) is 4.97. The quantitative estimate of drug-likeness (QED) is 0.512. The average Bonchev–Trinajstić information content (AvgIpc) is 2.70. The molecule has 0 radical (unpaired) electrons. The van der Waals surface area contributed by atoms with Crippen molar-refractivity contribution < 1.29 is 29.0 Å². The van der Waals surface area contributed by atoms with Crippen LogP contribution in [0.4, 0.5) is 0 Å². The molecule has 3 N–H and O–H groups in total. The van der Waals surface area contributed by atoms with Gasteiger partial charge in [-0.2, -0.15) is 0 Å². The lowest BCUT2D eigenvalue weighted by atomic mass is 10.0. The zero-order valence-electron chi connectivity index (χ0n) is 16.1. The number of carbonyl (C=O) groups is 2. The number of aryl methyl sites for hydroxylation is 1. The molecule has 3 rings (SSSR count). The van der Waals surface area contributed by atoms with Crippen LogP contribution in [0.5, 0.6) is 11.5 Å². The standard InChI is InChI=1S/C21H18ClNO7/c1-10-13-7-15(22)17(29-2)9-16(13)30-21(28)14(10)8-18(25)23-19(20(26)27)11-3-5-12(24)6-4-11/h3-7,9,19,24H,8H2,1-2H3,(H,23,25)(H,26,27). The van der Waals surface area contributed by atoms with Gasteiger partial charge in [-0.3, -0.25) is 4.79 Å². The van der Waals surface area contributed by atoms with Crippen LogP contribution in [0, 0.1) is 6.92 Å². The zero-order chi connectivity index (χ0) is 22.0. The molecule has 1 amide bonds. The third kappa shape index (κ3) is 4.23. The van der Waals surface area contributed by atoms with Crippen LogP contribution in [0.15, 0.2) is 45.6 Å². The van der Waals surface area contributed by atoms with Crippen LogP contribution in [0.3, 0.4) is 0 Å². The number of ether oxygens (including phenoxy) is 1. The molecule has 1 unspecified atom stereocenters. The van der Waals surface area contributed by atoms with Crippen molar-refractivity contribution in [2.24, 2.45) is 0 Å². The second-order valence-corrected chi connectivity index (χ2v) is 6.99. The summed E-state index contributed by atoms with van der Waals surface area (Å²) in [6, 6.07) is 7.13.